The van der Waals surface area contributed by atoms with Crippen molar-refractivity contribution in [1.29, 1.82) is 0 Å². The minimum Gasteiger partial charge on any atom is -0.507 e. The molecule has 0 aliphatic heterocycles. The summed E-state index contributed by atoms with van der Waals surface area (Å²) in [4.78, 5) is 30.8. The number of para-hydroxylation sites is 3. The first-order valence-corrected chi connectivity index (χ1v) is 8.19. The van der Waals surface area contributed by atoms with Crippen LogP contribution in [0, 0.1) is 0 Å². The van der Waals surface area contributed by atoms with Gasteiger partial charge in [0.25, 0.3) is 0 Å². The Kier molecular flexibility index (Phi) is 11.6. The summed E-state index contributed by atoms with van der Waals surface area (Å²) in [6, 6.07) is 17.4. The van der Waals surface area contributed by atoms with Gasteiger partial charge in [-0.1, -0.05) is 36.4 Å². The van der Waals surface area contributed by atoms with Gasteiger partial charge in [-0.15, -0.1) is 0 Å². The Bertz CT molecular complexity index is 903. The van der Waals surface area contributed by atoms with Crippen LogP contribution in [0.25, 0.3) is 0 Å². The topological polar surface area (TPSA) is 173 Å². The third kappa shape index (κ3) is 8.91. The van der Waals surface area contributed by atoms with Crippen LogP contribution < -0.4 is 0 Å². The van der Waals surface area contributed by atoms with E-state index in [4.69, 9.17) is 30.6 Å². The fourth-order valence-corrected chi connectivity index (χ4v) is 1.96. The van der Waals surface area contributed by atoms with Crippen molar-refractivity contribution in [2.45, 2.75) is 0 Å². The van der Waals surface area contributed by atoms with Gasteiger partial charge in [0.15, 0.2) is 0 Å². The van der Waals surface area contributed by atoms with Gasteiger partial charge in [0, 0.05) is 17.4 Å². The summed E-state index contributed by atoms with van der Waals surface area (Å²) in [5.74, 6) is -3.94. The zero-order valence-corrected chi connectivity index (χ0v) is 17.0. The average Bonchev–Trinajstić information content (AvgIpc) is 2.69. The van der Waals surface area contributed by atoms with E-state index in [0.29, 0.717) is 0 Å². The fourth-order valence-electron chi connectivity index (χ4n) is 1.96. The Morgan fingerprint density at radius 1 is 0.452 bits per heavy atom. The van der Waals surface area contributed by atoms with Crippen LogP contribution >= 0.6 is 0 Å². The number of benzene rings is 3. The van der Waals surface area contributed by atoms with Crippen LogP contribution in [0.15, 0.2) is 72.8 Å². The second-order valence-corrected chi connectivity index (χ2v) is 5.47. The normalized spacial score (nSPS) is 8.90. The molecule has 0 aliphatic carbocycles. The number of phenols is 3. The Labute approximate surface area is 187 Å². The van der Waals surface area contributed by atoms with E-state index < -0.39 is 17.9 Å². The maximum atomic E-state index is 10.3. The number of carbonyl (C=O) groups is 3. The molecule has 0 spiro atoms. The van der Waals surface area contributed by atoms with E-state index in [2.05, 4.69) is 0 Å². The van der Waals surface area contributed by atoms with Gasteiger partial charge in [-0.3, -0.25) is 0 Å². The summed E-state index contributed by atoms with van der Waals surface area (Å²) in [5.41, 5.74) is -0.201. The van der Waals surface area contributed by atoms with Crippen LogP contribution in [0.3, 0.4) is 0 Å². The van der Waals surface area contributed by atoms with Crippen molar-refractivity contribution < 1.29 is 62.4 Å². The molecule has 0 saturated heterocycles. The zero-order chi connectivity index (χ0) is 22.7. The summed E-state index contributed by atoms with van der Waals surface area (Å²) >= 11 is 0. The molecule has 31 heavy (non-hydrogen) atoms. The van der Waals surface area contributed by atoms with Crippen LogP contribution in [0.2, 0.25) is 0 Å². The third-order valence-corrected chi connectivity index (χ3v) is 3.40. The Balaban J connectivity index is 0.000000429. The van der Waals surface area contributed by atoms with Gasteiger partial charge in [-0.25, -0.2) is 14.4 Å². The fraction of sp³-hybridized carbons (Fsp3) is 0. The predicted molar refractivity (Wildman–Crippen MR) is 105 cm³/mol. The average molecular weight is 466 g/mol. The SMILES string of the molecule is O=C(O)c1ccccc1O.O=C(O)c1ccccc1O.O=C(O)c1ccccc1O.[Cr]. The summed E-state index contributed by atoms with van der Waals surface area (Å²) in [6.07, 6.45) is 0. The molecule has 0 unspecified atom stereocenters. The Morgan fingerprint density at radius 3 is 0.774 bits per heavy atom. The van der Waals surface area contributed by atoms with Crippen LogP contribution in [0.5, 0.6) is 17.2 Å². The van der Waals surface area contributed by atoms with E-state index in [-0.39, 0.29) is 51.3 Å². The molecule has 162 valence electrons. The summed E-state index contributed by atoms with van der Waals surface area (Å²) in [7, 11) is 0. The van der Waals surface area contributed by atoms with Crippen molar-refractivity contribution in [3.63, 3.8) is 0 Å². The zero-order valence-electron chi connectivity index (χ0n) is 15.7. The maximum Gasteiger partial charge on any atom is 0.339 e. The second kappa shape index (κ2) is 13.3. The van der Waals surface area contributed by atoms with Gasteiger partial charge < -0.3 is 30.6 Å². The van der Waals surface area contributed by atoms with Gasteiger partial charge in [0.05, 0.1) is 0 Å². The number of hydrogen-bond donors (Lipinski definition) is 6. The van der Waals surface area contributed by atoms with Gasteiger partial charge in [-0.2, -0.15) is 0 Å². The summed E-state index contributed by atoms with van der Waals surface area (Å²) in [6.45, 7) is 0. The molecule has 0 heterocycles. The maximum absolute atomic E-state index is 10.3. The summed E-state index contributed by atoms with van der Waals surface area (Å²) < 4.78 is 0. The molecule has 6 N–H and O–H groups in total. The Hall–Kier alpha value is -4.00. The molecule has 0 atom stereocenters. The van der Waals surface area contributed by atoms with Crippen LogP contribution in [0.1, 0.15) is 31.1 Å². The molecular weight excluding hydrogens is 448 g/mol. The number of carboxylic acid groups (broad SMARTS) is 3. The number of aromatic hydroxyl groups is 3. The van der Waals surface area contributed by atoms with Gasteiger partial charge >= 0.3 is 17.9 Å². The van der Waals surface area contributed by atoms with E-state index in [1.54, 1.807) is 36.4 Å². The molecule has 0 radical (unpaired) electrons. The van der Waals surface area contributed by atoms with Crippen molar-refractivity contribution in [2.75, 3.05) is 0 Å². The molecule has 3 aromatic rings. The first-order valence-electron chi connectivity index (χ1n) is 8.19. The quantitative estimate of drug-likeness (QED) is 0.339. The Morgan fingerprint density at radius 2 is 0.645 bits per heavy atom. The molecule has 0 bridgehead atoms. The standard InChI is InChI=1S/3C7H6O3.Cr/c3*8-6-4-2-1-3-5(6)7(9)10;/h3*1-4,8H,(H,9,10);. The monoisotopic (exact) mass is 466 g/mol. The predicted octanol–water partition coefficient (Wildman–Crippen LogP) is 3.27. The molecule has 3 aromatic carbocycles. The van der Waals surface area contributed by atoms with Crippen molar-refractivity contribution >= 4 is 17.9 Å². The number of hydrogen-bond acceptors (Lipinski definition) is 6. The van der Waals surface area contributed by atoms with Crippen LogP contribution in [0.4, 0.5) is 0 Å². The third-order valence-electron chi connectivity index (χ3n) is 3.40. The number of aromatic carboxylic acids is 3. The van der Waals surface area contributed by atoms with Gasteiger partial charge in [0.1, 0.15) is 33.9 Å². The van der Waals surface area contributed by atoms with Crippen LogP contribution in [-0.2, 0) is 17.4 Å². The molecule has 10 heteroatoms. The molecule has 0 fully saturated rings. The molecular formula is C21H18CrO9. The van der Waals surface area contributed by atoms with E-state index in [0.717, 1.165) is 0 Å². The van der Waals surface area contributed by atoms with E-state index in [9.17, 15) is 14.4 Å². The molecule has 0 saturated carbocycles. The van der Waals surface area contributed by atoms with Crippen LogP contribution in [-0.4, -0.2) is 48.5 Å². The summed E-state index contributed by atoms with van der Waals surface area (Å²) in [5, 5.41) is 51.9. The van der Waals surface area contributed by atoms with Crippen molar-refractivity contribution in [3.8, 4) is 17.2 Å². The molecule has 3 rings (SSSR count). The molecule has 0 amide bonds. The van der Waals surface area contributed by atoms with Gasteiger partial charge in [-0.05, 0) is 36.4 Å². The smallest absolute Gasteiger partial charge is 0.339 e. The minimum absolute atomic E-state index is 0. The van der Waals surface area contributed by atoms with E-state index in [1.807, 2.05) is 0 Å². The number of rotatable bonds is 3. The first kappa shape index (κ1) is 27.0. The molecule has 9 nitrogen and oxygen atoms in total. The van der Waals surface area contributed by atoms with E-state index >= 15 is 0 Å². The number of carboxylic acids is 3. The first-order chi connectivity index (χ1) is 14.1. The van der Waals surface area contributed by atoms with Crippen molar-refractivity contribution in [2.24, 2.45) is 0 Å². The van der Waals surface area contributed by atoms with Crippen molar-refractivity contribution in [3.05, 3.63) is 89.5 Å². The van der Waals surface area contributed by atoms with Crippen molar-refractivity contribution in [1.82, 2.24) is 0 Å². The van der Waals surface area contributed by atoms with Gasteiger partial charge in [0.2, 0.25) is 0 Å². The van der Waals surface area contributed by atoms with E-state index in [1.165, 1.54) is 36.4 Å². The second-order valence-electron chi connectivity index (χ2n) is 5.47. The molecule has 0 aromatic heterocycles. The minimum atomic E-state index is -1.11. The largest absolute Gasteiger partial charge is 0.507 e. The molecule has 0 aliphatic rings.